The summed E-state index contributed by atoms with van der Waals surface area (Å²) in [6.45, 7) is 6.54. The quantitative estimate of drug-likeness (QED) is 0.575. The molecule has 2 aromatic carbocycles. The molecule has 3 rings (SSSR count). The number of hydrogen-bond donors (Lipinski definition) is 1. The molecular weight excluding hydrogens is 427 g/mol. The van der Waals surface area contributed by atoms with E-state index in [1.165, 1.54) is 0 Å². The van der Waals surface area contributed by atoms with E-state index in [1.807, 2.05) is 49.1 Å². The van der Waals surface area contributed by atoms with Gasteiger partial charge in [-0.3, -0.25) is 4.79 Å². The summed E-state index contributed by atoms with van der Waals surface area (Å²) >= 11 is 17.7. The van der Waals surface area contributed by atoms with E-state index < -0.39 is 0 Å². The number of benzene rings is 2. The number of thiocarbonyl (C=S) groups is 1. The van der Waals surface area contributed by atoms with E-state index in [0.717, 1.165) is 16.8 Å². The fourth-order valence-corrected chi connectivity index (χ4v) is 4.30. The summed E-state index contributed by atoms with van der Waals surface area (Å²) in [4.78, 5) is 14.3. The highest BCUT2D eigenvalue weighted by atomic mass is 35.5. The van der Waals surface area contributed by atoms with E-state index in [2.05, 4.69) is 5.32 Å². The molecule has 1 atom stereocenters. The minimum atomic E-state index is -0.314. The second-order valence-corrected chi connectivity index (χ2v) is 8.01. The van der Waals surface area contributed by atoms with Crippen LogP contribution < -0.4 is 10.1 Å². The molecular formula is C22H22Cl2N2O2S. The van der Waals surface area contributed by atoms with E-state index in [1.54, 1.807) is 19.1 Å². The molecule has 1 aliphatic rings. The van der Waals surface area contributed by atoms with Gasteiger partial charge in [0.05, 0.1) is 6.04 Å². The van der Waals surface area contributed by atoms with Gasteiger partial charge in [0.15, 0.2) is 10.9 Å². The number of hydrogen-bond acceptors (Lipinski definition) is 3. The topological polar surface area (TPSA) is 41.6 Å². The standard InChI is InChI=1S/C22H22Cl2N2O2S/c1-4-26-13(2)20(14(3)27)21(25-22(26)29)15-6-5-7-18(10-15)28-12-16-8-9-17(23)11-19(16)24/h5-11,21H,4,12H2,1-3H3,(H,25,29). The zero-order valence-electron chi connectivity index (χ0n) is 16.5. The van der Waals surface area contributed by atoms with Gasteiger partial charge in [-0.1, -0.05) is 41.4 Å². The fraction of sp³-hybridized carbons (Fsp3) is 0.273. The highest BCUT2D eigenvalue weighted by Gasteiger charge is 2.31. The first-order valence-electron chi connectivity index (χ1n) is 9.28. The first-order chi connectivity index (χ1) is 13.8. The van der Waals surface area contributed by atoms with E-state index in [-0.39, 0.29) is 11.8 Å². The zero-order chi connectivity index (χ0) is 21.1. The molecule has 0 saturated heterocycles. The number of Topliss-reactive ketones (excluding diaryl/α,β-unsaturated/α-hetero) is 1. The number of nitrogens with zero attached hydrogens (tertiary/aromatic N) is 1. The van der Waals surface area contributed by atoms with Gasteiger partial charge >= 0.3 is 0 Å². The summed E-state index contributed by atoms with van der Waals surface area (Å²) in [5.74, 6) is 0.694. The number of carbonyl (C=O) groups excluding carboxylic acids is 1. The largest absolute Gasteiger partial charge is 0.489 e. The first kappa shape index (κ1) is 21.6. The Hall–Kier alpha value is -2.08. The van der Waals surface area contributed by atoms with Gasteiger partial charge in [-0.2, -0.15) is 0 Å². The van der Waals surface area contributed by atoms with Crippen molar-refractivity contribution in [2.24, 2.45) is 0 Å². The van der Waals surface area contributed by atoms with Crippen LogP contribution in [0.15, 0.2) is 53.7 Å². The Labute approximate surface area is 186 Å². The number of ether oxygens (including phenoxy) is 1. The second kappa shape index (κ2) is 9.16. The van der Waals surface area contributed by atoms with Gasteiger partial charge in [0.2, 0.25) is 0 Å². The number of ketones is 1. The fourth-order valence-electron chi connectivity index (χ4n) is 3.45. The summed E-state index contributed by atoms with van der Waals surface area (Å²) in [7, 11) is 0. The van der Waals surface area contributed by atoms with E-state index >= 15 is 0 Å². The predicted octanol–water partition coefficient (Wildman–Crippen LogP) is 5.69. The van der Waals surface area contributed by atoms with Crippen LogP contribution in [0, 0.1) is 0 Å². The molecule has 0 aromatic heterocycles. The van der Waals surface area contributed by atoms with E-state index in [4.69, 9.17) is 40.2 Å². The van der Waals surface area contributed by atoms with Crippen molar-refractivity contribution in [1.29, 1.82) is 0 Å². The van der Waals surface area contributed by atoms with Gasteiger partial charge in [0, 0.05) is 33.4 Å². The molecule has 0 aliphatic carbocycles. The lowest BCUT2D eigenvalue weighted by molar-refractivity contribution is -0.114. The van der Waals surface area contributed by atoms with Crippen LogP contribution in [0.5, 0.6) is 5.75 Å². The lowest BCUT2D eigenvalue weighted by Crippen LogP contribution is -2.47. The Bertz CT molecular complexity index is 991. The Morgan fingerprint density at radius 2 is 2.00 bits per heavy atom. The number of halogens is 2. The highest BCUT2D eigenvalue weighted by Crippen LogP contribution is 2.32. The van der Waals surface area contributed by atoms with Crippen molar-refractivity contribution in [2.45, 2.75) is 33.4 Å². The molecule has 4 nitrogen and oxygen atoms in total. The summed E-state index contributed by atoms with van der Waals surface area (Å²) in [6, 6.07) is 12.6. The molecule has 29 heavy (non-hydrogen) atoms. The smallest absolute Gasteiger partial charge is 0.173 e. The van der Waals surface area contributed by atoms with Crippen LogP contribution in [-0.2, 0) is 11.4 Å². The minimum absolute atomic E-state index is 0.0141. The van der Waals surface area contributed by atoms with Crippen molar-refractivity contribution in [3.05, 3.63) is 74.9 Å². The molecule has 0 radical (unpaired) electrons. The second-order valence-electron chi connectivity index (χ2n) is 6.78. The van der Waals surface area contributed by atoms with Crippen LogP contribution in [0.2, 0.25) is 10.0 Å². The Kier molecular flexibility index (Phi) is 6.83. The van der Waals surface area contributed by atoms with Gasteiger partial charge in [-0.25, -0.2) is 0 Å². The van der Waals surface area contributed by atoms with Crippen molar-refractivity contribution in [1.82, 2.24) is 10.2 Å². The van der Waals surface area contributed by atoms with E-state index in [0.29, 0.717) is 39.6 Å². The van der Waals surface area contributed by atoms with Crippen molar-refractivity contribution >= 4 is 46.3 Å². The molecule has 1 aliphatic heterocycles. The first-order valence-corrected chi connectivity index (χ1v) is 10.4. The van der Waals surface area contributed by atoms with Crippen LogP contribution in [0.4, 0.5) is 0 Å². The average molecular weight is 449 g/mol. The average Bonchev–Trinajstić information content (AvgIpc) is 2.67. The normalized spacial score (nSPS) is 16.7. The molecule has 0 saturated carbocycles. The summed E-state index contributed by atoms with van der Waals surface area (Å²) in [5, 5.41) is 5.05. The van der Waals surface area contributed by atoms with Crippen LogP contribution in [0.25, 0.3) is 0 Å². The van der Waals surface area contributed by atoms with Crippen molar-refractivity contribution in [3.63, 3.8) is 0 Å². The van der Waals surface area contributed by atoms with Crippen molar-refractivity contribution < 1.29 is 9.53 Å². The number of nitrogens with one attached hydrogen (secondary N) is 1. The third-order valence-corrected chi connectivity index (χ3v) is 5.82. The lowest BCUT2D eigenvalue weighted by atomic mass is 9.92. The molecule has 0 fully saturated rings. The Morgan fingerprint density at radius 3 is 2.66 bits per heavy atom. The van der Waals surface area contributed by atoms with E-state index in [9.17, 15) is 4.79 Å². The molecule has 152 valence electrons. The third kappa shape index (κ3) is 4.74. The maximum absolute atomic E-state index is 12.4. The maximum Gasteiger partial charge on any atom is 0.173 e. The Balaban J connectivity index is 1.87. The molecule has 0 bridgehead atoms. The zero-order valence-corrected chi connectivity index (χ0v) is 18.8. The summed E-state index contributed by atoms with van der Waals surface area (Å²) < 4.78 is 5.94. The highest BCUT2D eigenvalue weighted by molar-refractivity contribution is 7.80. The van der Waals surface area contributed by atoms with Crippen molar-refractivity contribution in [3.8, 4) is 5.75 Å². The maximum atomic E-state index is 12.4. The molecule has 7 heteroatoms. The third-order valence-electron chi connectivity index (χ3n) is 4.89. The van der Waals surface area contributed by atoms with Gasteiger partial charge in [0.1, 0.15) is 12.4 Å². The number of allylic oxidation sites excluding steroid dienone is 1. The SMILES string of the molecule is CCN1C(=S)NC(c2cccc(OCc3ccc(Cl)cc3Cl)c2)C(C(C)=O)=C1C. The van der Waals surface area contributed by atoms with Gasteiger partial charge in [-0.15, -0.1) is 0 Å². The van der Waals surface area contributed by atoms with Crippen LogP contribution >= 0.6 is 35.4 Å². The molecule has 0 spiro atoms. The van der Waals surface area contributed by atoms with Crippen LogP contribution in [0.1, 0.15) is 37.9 Å². The molecule has 2 aromatic rings. The number of rotatable bonds is 6. The summed E-state index contributed by atoms with van der Waals surface area (Å²) in [6.07, 6.45) is 0. The van der Waals surface area contributed by atoms with Gasteiger partial charge < -0.3 is 15.0 Å². The van der Waals surface area contributed by atoms with Gasteiger partial charge in [-0.05, 0) is 62.8 Å². The molecule has 1 unspecified atom stereocenters. The molecule has 1 N–H and O–H groups in total. The predicted molar refractivity (Wildman–Crippen MR) is 121 cm³/mol. The monoisotopic (exact) mass is 448 g/mol. The number of carbonyl (C=O) groups is 1. The molecule has 0 amide bonds. The molecule has 1 heterocycles. The summed E-state index contributed by atoms with van der Waals surface area (Å²) in [5.41, 5.74) is 3.34. The van der Waals surface area contributed by atoms with Crippen LogP contribution in [0.3, 0.4) is 0 Å². The minimum Gasteiger partial charge on any atom is -0.489 e. The van der Waals surface area contributed by atoms with Crippen LogP contribution in [-0.4, -0.2) is 22.3 Å². The van der Waals surface area contributed by atoms with Crippen molar-refractivity contribution in [2.75, 3.05) is 6.54 Å². The van der Waals surface area contributed by atoms with Gasteiger partial charge in [0.25, 0.3) is 0 Å². The lowest BCUT2D eigenvalue weighted by Gasteiger charge is -2.37. The Morgan fingerprint density at radius 1 is 1.24 bits per heavy atom.